The topological polar surface area (TPSA) is 47.4 Å². The Balaban J connectivity index is 1.40. The second-order valence-corrected chi connectivity index (χ2v) is 6.62. The minimum absolute atomic E-state index is 0.0158. The highest BCUT2D eigenvalue weighted by Gasteiger charge is 2.45. The van der Waals surface area contributed by atoms with Gasteiger partial charge in [0.1, 0.15) is 12.6 Å². The quantitative estimate of drug-likeness (QED) is 0.865. The van der Waals surface area contributed by atoms with Crippen molar-refractivity contribution in [2.75, 3.05) is 13.1 Å². The number of amides is 1. The van der Waals surface area contributed by atoms with E-state index in [-0.39, 0.29) is 23.7 Å². The molecule has 2 aliphatic rings. The zero-order valence-corrected chi connectivity index (χ0v) is 13.3. The normalized spacial score (nSPS) is 25.7. The Labute approximate surface area is 140 Å². The summed E-state index contributed by atoms with van der Waals surface area (Å²) < 4.78 is 21.5. The van der Waals surface area contributed by atoms with Gasteiger partial charge in [0, 0.05) is 31.4 Å². The summed E-state index contributed by atoms with van der Waals surface area (Å²) in [5, 5.41) is 0. The molecule has 126 valence electrons. The highest BCUT2D eigenvalue weighted by atomic mass is 19.1. The van der Waals surface area contributed by atoms with Crippen molar-refractivity contribution >= 4 is 5.91 Å². The van der Waals surface area contributed by atoms with E-state index in [1.807, 2.05) is 4.90 Å². The number of carbonyl (C=O) groups excluding carboxylic acids is 1. The number of imidazole rings is 1. The molecule has 4 rings (SSSR count). The van der Waals surface area contributed by atoms with E-state index in [0.29, 0.717) is 24.8 Å². The molecule has 0 radical (unpaired) electrons. The van der Waals surface area contributed by atoms with Crippen molar-refractivity contribution in [1.29, 1.82) is 0 Å². The van der Waals surface area contributed by atoms with E-state index < -0.39 is 0 Å². The number of fused-ring (bicyclic) bond motifs is 1. The predicted molar refractivity (Wildman–Crippen MR) is 85.8 cm³/mol. The fourth-order valence-corrected chi connectivity index (χ4v) is 3.91. The van der Waals surface area contributed by atoms with Gasteiger partial charge < -0.3 is 14.2 Å². The minimum Gasteiger partial charge on any atom is -0.487 e. The van der Waals surface area contributed by atoms with Crippen molar-refractivity contribution in [1.82, 2.24) is 14.5 Å². The average Bonchev–Trinajstić information content (AvgIpc) is 3.28. The van der Waals surface area contributed by atoms with E-state index in [9.17, 15) is 9.18 Å². The fraction of sp³-hybridized carbons (Fsp3) is 0.444. The first-order valence-electron chi connectivity index (χ1n) is 8.35. The molecule has 0 bridgehead atoms. The highest BCUT2D eigenvalue weighted by Crippen LogP contribution is 2.40. The molecule has 1 saturated carbocycles. The lowest BCUT2D eigenvalue weighted by molar-refractivity contribution is -0.131. The standard InChI is InChI=1S/C18H20FN3O2/c19-15-3-1-2-4-17(15)24-16-6-5-13-9-22(10-14(13)16)18(23)11-21-8-7-20-12-21/h1-4,7-8,12-14,16H,5-6,9-11H2/t13-,14+,16-/m0/s1. The van der Waals surface area contributed by atoms with Crippen molar-refractivity contribution in [3.05, 3.63) is 48.8 Å². The van der Waals surface area contributed by atoms with Gasteiger partial charge >= 0.3 is 0 Å². The zero-order chi connectivity index (χ0) is 16.5. The Morgan fingerprint density at radius 1 is 1.29 bits per heavy atom. The highest BCUT2D eigenvalue weighted by molar-refractivity contribution is 5.76. The molecular formula is C18H20FN3O2. The summed E-state index contributed by atoms with van der Waals surface area (Å²) in [5.74, 6) is 0.829. The molecule has 1 aromatic heterocycles. The summed E-state index contributed by atoms with van der Waals surface area (Å²) in [6, 6.07) is 6.52. The number of hydrogen-bond acceptors (Lipinski definition) is 3. The molecule has 24 heavy (non-hydrogen) atoms. The first kappa shape index (κ1) is 15.2. The van der Waals surface area contributed by atoms with Gasteiger partial charge in [0.15, 0.2) is 11.6 Å². The summed E-state index contributed by atoms with van der Waals surface area (Å²) in [4.78, 5) is 18.3. The fourth-order valence-electron chi connectivity index (χ4n) is 3.91. The number of likely N-dealkylation sites (tertiary alicyclic amines) is 1. The van der Waals surface area contributed by atoms with Crippen molar-refractivity contribution < 1.29 is 13.9 Å². The Hall–Kier alpha value is -2.37. The molecule has 1 aliphatic carbocycles. The predicted octanol–water partition coefficient (Wildman–Crippen LogP) is 2.34. The average molecular weight is 329 g/mol. The van der Waals surface area contributed by atoms with Crippen LogP contribution in [-0.4, -0.2) is 39.6 Å². The van der Waals surface area contributed by atoms with Crippen LogP contribution < -0.4 is 4.74 Å². The van der Waals surface area contributed by atoms with Gasteiger partial charge in [-0.05, 0) is 30.9 Å². The van der Waals surface area contributed by atoms with Gasteiger partial charge in [-0.25, -0.2) is 9.37 Å². The molecule has 1 saturated heterocycles. The third-order valence-corrected chi connectivity index (χ3v) is 5.14. The maximum absolute atomic E-state index is 13.8. The summed E-state index contributed by atoms with van der Waals surface area (Å²) in [6.07, 6.45) is 7.05. The van der Waals surface area contributed by atoms with E-state index in [2.05, 4.69) is 4.98 Å². The van der Waals surface area contributed by atoms with E-state index in [4.69, 9.17) is 4.74 Å². The molecule has 1 amide bonds. The van der Waals surface area contributed by atoms with Crippen LogP contribution in [0.3, 0.4) is 0 Å². The molecule has 6 heteroatoms. The van der Waals surface area contributed by atoms with Crippen molar-refractivity contribution in [3.63, 3.8) is 0 Å². The van der Waals surface area contributed by atoms with E-state index in [1.165, 1.54) is 6.07 Å². The molecule has 2 heterocycles. The number of carbonyl (C=O) groups is 1. The van der Waals surface area contributed by atoms with Crippen LogP contribution in [-0.2, 0) is 11.3 Å². The van der Waals surface area contributed by atoms with Crippen LogP contribution in [0.15, 0.2) is 43.0 Å². The lowest BCUT2D eigenvalue weighted by Gasteiger charge is -2.22. The van der Waals surface area contributed by atoms with Crippen LogP contribution in [0.4, 0.5) is 4.39 Å². The summed E-state index contributed by atoms with van der Waals surface area (Å²) in [5.41, 5.74) is 0. The number of benzene rings is 1. The minimum atomic E-state index is -0.327. The van der Waals surface area contributed by atoms with Crippen LogP contribution in [0.25, 0.3) is 0 Å². The lowest BCUT2D eigenvalue weighted by atomic mass is 9.99. The smallest absolute Gasteiger partial charge is 0.242 e. The van der Waals surface area contributed by atoms with Crippen LogP contribution in [0.5, 0.6) is 5.75 Å². The number of hydrogen-bond donors (Lipinski definition) is 0. The van der Waals surface area contributed by atoms with Crippen molar-refractivity contribution in [2.45, 2.75) is 25.5 Å². The van der Waals surface area contributed by atoms with Gasteiger partial charge in [-0.1, -0.05) is 12.1 Å². The number of nitrogens with zero attached hydrogens (tertiary/aromatic N) is 3. The lowest BCUT2D eigenvalue weighted by Crippen LogP contribution is -2.34. The third kappa shape index (κ3) is 2.88. The summed E-state index contributed by atoms with van der Waals surface area (Å²) in [7, 11) is 0. The molecule has 1 aliphatic heterocycles. The molecule has 0 spiro atoms. The Morgan fingerprint density at radius 3 is 2.96 bits per heavy atom. The summed E-state index contributed by atoms with van der Waals surface area (Å²) in [6.45, 7) is 1.78. The van der Waals surface area contributed by atoms with Crippen LogP contribution in [0.1, 0.15) is 12.8 Å². The third-order valence-electron chi connectivity index (χ3n) is 5.14. The van der Waals surface area contributed by atoms with Crippen molar-refractivity contribution in [3.8, 4) is 5.75 Å². The number of para-hydroxylation sites is 1. The molecular weight excluding hydrogens is 309 g/mol. The molecule has 5 nitrogen and oxygen atoms in total. The number of ether oxygens (including phenoxy) is 1. The molecule has 1 aromatic carbocycles. The molecule has 3 atom stereocenters. The second-order valence-electron chi connectivity index (χ2n) is 6.62. The zero-order valence-electron chi connectivity index (χ0n) is 13.3. The van der Waals surface area contributed by atoms with Gasteiger partial charge in [0.05, 0.1) is 6.33 Å². The Bertz CT molecular complexity index is 719. The van der Waals surface area contributed by atoms with Gasteiger partial charge in [0.25, 0.3) is 0 Å². The molecule has 0 N–H and O–H groups in total. The number of halogens is 1. The second kappa shape index (κ2) is 6.26. The first-order chi connectivity index (χ1) is 11.7. The Morgan fingerprint density at radius 2 is 2.17 bits per heavy atom. The largest absolute Gasteiger partial charge is 0.487 e. The van der Waals surface area contributed by atoms with Crippen LogP contribution in [0.2, 0.25) is 0 Å². The molecule has 2 fully saturated rings. The number of aromatic nitrogens is 2. The van der Waals surface area contributed by atoms with E-state index in [1.54, 1.807) is 41.5 Å². The van der Waals surface area contributed by atoms with Crippen LogP contribution >= 0.6 is 0 Å². The van der Waals surface area contributed by atoms with Crippen LogP contribution in [0, 0.1) is 17.7 Å². The molecule has 0 unspecified atom stereocenters. The monoisotopic (exact) mass is 329 g/mol. The Kier molecular flexibility index (Phi) is 3.96. The maximum Gasteiger partial charge on any atom is 0.242 e. The molecule has 2 aromatic rings. The maximum atomic E-state index is 13.8. The number of rotatable bonds is 4. The van der Waals surface area contributed by atoms with Gasteiger partial charge in [-0.2, -0.15) is 0 Å². The van der Waals surface area contributed by atoms with E-state index in [0.717, 1.165) is 19.4 Å². The van der Waals surface area contributed by atoms with E-state index >= 15 is 0 Å². The van der Waals surface area contributed by atoms with Gasteiger partial charge in [-0.15, -0.1) is 0 Å². The summed E-state index contributed by atoms with van der Waals surface area (Å²) >= 11 is 0. The van der Waals surface area contributed by atoms with Gasteiger partial charge in [-0.3, -0.25) is 4.79 Å². The first-order valence-corrected chi connectivity index (χ1v) is 8.35. The van der Waals surface area contributed by atoms with Crippen molar-refractivity contribution in [2.24, 2.45) is 11.8 Å². The SMILES string of the molecule is O=C(Cn1ccnc1)N1C[C@@H]2CC[C@H](Oc3ccccc3F)[C@@H]2C1. The van der Waals surface area contributed by atoms with Gasteiger partial charge in [0.2, 0.25) is 5.91 Å².